The van der Waals surface area contributed by atoms with Gasteiger partial charge in [0, 0.05) is 13.1 Å². The molecule has 0 aromatic carbocycles. The van der Waals surface area contributed by atoms with Gasteiger partial charge in [-0.2, -0.15) is 4.31 Å². The normalized spacial score (nSPS) is 18.7. The van der Waals surface area contributed by atoms with Gasteiger partial charge in [-0.05, 0) is 0 Å². The maximum atomic E-state index is 11.7. The summed E-state index contributed by atoms with van der Waals surface area (Å²) in [7, 11) is -3.61. The topological polar surface area (TPSA) is 101 Å². The molecular weight excluding hydrogens is 224 g/mol. The third kappa shape index (κ3) is 1.61. The summed E-state index contributed by atoms with van der Waals surface area (Å²) in [5, 5.41) is 11.9. The van der Waals surface area contributed by atoms with Crippen LogP contribution >= 0.6 is 0 Å². The predicted octanol–water partition coefficient (Wildman–Crippen LogP) is -0.620. The third-order valence-electron chi connectivity index (χ3n) is 2.24. The highest BCUT2D eigenvalue weighted by molar-refractivity contribution is 7.89. The molecule has 0 saturated carbocycles. The van der Waals surface area contributed by atoms with E-state index in [1.807, 2.05) is 0 Å². The van der Waals surface area contributed by atoms with E-state index in [9.17, 15) is 13.2 Å². The highest BCUT2D eigenvalue weighted by Gasteiger charge is 2.41. The molecule has 0 radical (unpaired) electrons. The number of carboxylic acid groups (broad SMARTS) is 1. The summed E-state index contributed by atoms with van der Waals surface area (Å²) >= 11 is 0. The van der Waals surface area contributed by atoms with E-state index < -0.39 is 21.9 Å². The van der Waals surface area contributed by atoms with Crippen LogP contribution in [0.5, 0.6) is 0 Å². The maximum Gasteiger partial charge on any atom is 0.309 e. The first-order valence-electron chi connectivity index (χ1n) is 4.14. The highest BCUT2D eigenvalue weighted by atomic mass is 32.2. The number of carbonyl (C=O) groups is 1. The minimum atomic E-state index is -3.61. The standard InChI is InChI=1S/C7H8N2O5S/c10-7(11)5-2-9(3-5)15(12,13)6-1-8-14-4-6/h1,4-5H,2-3H2,(H,10,11). The van der Waals surface area contributed by atoms with Gasteiger partial charge in [-0.15, -0.1) is 0 Å². The number of aliphatic carboxylic acids is 1. The van der Waals surface area contributed by atoms with Gasteiger partial charge in [-0.1, -0.05) is 5.16 Å². The lowest BCUT2D eigenvalue weighted by Gasteiger charge is -2.34. The van der Waals surface area contributed by atoms with Crippen molar-refractivity contribution in [2.75, 3.05) is 13.1 Å². The summed E-state index contributed by atoms with van der Waals surface area (Å²) in [6.07, 6.45) is 2.10. The zero-order valence-electron chi connectivity index (χ0n) is 7.53. The van der Waals surface area contributed by atoms with Gasteiger partial charge >= 0.3 is 5.97 Å². The predicted molar refractivity (Wildman–Crippen MR) is 46.4 cm³/mol. The fourth-order valence-corrected chi connectivity index (χ4v) is 2.65. The molecule has 1 saturated heterocycles. The first-order valence-corrected chi connectivity index (χ1v) is 5.58. The second kappa shape index (κ2) is 3.31. The maximum absolute atomic E-state index is 11.7. The Morgan fingerprint density at radius 2 is 2.27 bits per heavy atom. The first kappa shape index (κ1) is 10.1. The number of nitrogens with zero attached hydrogens (tertiary/aromatic N) is 2. The van der Waals surface area contributed by atoms with Gasteiger partial charge in [0.15, 0.2) is 0 Å². The Kier molecular flexibility index (Phi) is 2.24. The molecule has 82 valence electrons. The quantitative estimate of drug-likeness (QED) is 0.745. The third-order valence-corrected chi connectivity index (χ3v) is 4.02. The van der Waals surface area contributed by atoms with E-state index in [-0.39, 0.29) is 18.0 Å². The number of aromatic nitrogens is 1. The molecule has 1 aliphatic heterocycles. The number of sulfonamides is 1. The molecule has 2 heterocycles. The van der Waals surface area contributed by atoms with Crippen LogP contribution < -0.4 is 0 Å². The monoisotopic (exact) mass is 232 g/mol. The van der Waals surface area contributed by atoms with Crippen LogP contribution in [0.1, 0.15) is 0 Å². The van der Waals surface area contributed by atoms with Crippen molar-refractivity contribution in [1.29, 1.82) is 0 Å². The number of rotatable bonds is 3. The van der Waals surface area contributed by atoms with Gasteiger partial charge in [-0.25, -0.2) is 8.42 Å². The largest absolute Gasteiger partial charge is 0.481 e. The Labute approximate surface area is 85.3 Å². The Morgan fingerprint density at radius 1 is 1.60 bits per heavy atom. The van der Waals surface area contributed by atoms with Gasteiger partial charge in [0.1, 0.15) is 11.2 Å². The smallest absolute Gasteiger partial charge is 0.309 e. The lowest BCUT2D eigenvalue weighted by Crippen LogP contribution is -2.52. The highest BCUT2D eigenvalue weighted by Crippen LogP contribution is 2.24. The summed E-state index contributed by atoms with van der Waals surface area (Å²) in [4.78, 5) is 10.4. The summed E-state index contributed by atoms with van der Waals surface area (Å²) in [6.45, 7) is 0.00565. The number of hydrogen-bond acceptors (Lipinski definition) is 5. The van der Waals surface area contributed by atoms with E-state index in [1.54, 1.807) is 0 Å². The Balaban J connectivity index is 2.11. The Hall–Kier alpha value is -1.41. The van der Waals surface area contributed by atoms with Crippen LogP contribution in [0.2, 0.25) is 0 Å². The second-order valence-electron chi connectivity index (χ2n) is 3.22. The van der Waals surface area contributed by atoms with E-state index in [0.717, 1.165) is 16.8 Å². The zero-order valence-corrected chi connectivity index (χ0v) is 8.35. The van der Waals surface area contributed by atoms with Crippen LogP contribution in [0.25, 0.3) is 0 Å². The van der Waals surface area contributed by atoms with Crippen molar-refractivity contribution >= 4 is 16.0 Å². The van der Waals surface area contributed by atoms with E-state index in [2.05, 4.69) is 9.68 Å². The van der Waals surface area contributed by atoms with E-state index >= 15 is 0 Å². The molecule has 1 aromatic heterocycles. The molecular formula is C7H8N2O5S. The average molecular weight is 232 g/mol. The molecule has 1 N–H and O–H groups in total. The van der Waals surface area contributed by atoms with Crippen LogP contribution in [0.3, 0.4) is 0 Å². The molecule has 0 amide bonds. The Bertz CT molecular complexity index is 460. The SMILES string of the molecule is O=C(O)C1CN(S(=O)(=O)c2cnoc2)C1. The van der Waals surface area contributed by atoms with Gasteiger partial charge in [0.25, 0.3) is 0 Å². The molecule has 1 aromatic rings. The minimum absolute atomic E-state index is 0.00282. The number of carboxylic acids is 1. The Morgan fingerprint density at radius 3 is 2.73 bits per heavy atom. The summed E-state index contributed by atoms with van der Waals surface area (Å²) in [5.41, 5.74) is 0. The van der Waals surface area contributed by atoms with Crippen molar-refractivity contribution in [2.45, 2.75) is 4.90 Å². The molecule has 2 rings (SSSR count). The van der Waals surface area contributed by atoms with Gasteiger partial charge in [-0.3, -0.25) is 4.79 Å². The summed E-state index contributed by atoms with van der Waals surface area (Å²) < 4.78 is 28.9. The van der Waals surface area contributed by atoms with Crippen molar-refractivity contribution in [3.63, 3.8) is 0 Å². The van der Waals surface area contributed by atoms with E-state index in [1.165, 1.54) is 0 Å². The van der Waals surface area contributed by atoms with Crippen LogP contribution in [0.15, 0.2) is 21.9 Å². The van der Waals surface area contributed by atoms with Crippen LogP contribution in [-0.2, 0) is 14.8 Å². The van der Waals surface area contributed by atoms with Gasteiger partial charge < -0.3 is 9.63 Å². The molecule has 8 heteroatoms. The van der Waals surface area contributed by atoms with Crippen molar-refractivity contribution in [3.05, 3.63) is 12.5 Å². The van der Waals surface area contributed by atoms with Crippen molar-refractivity contribution in [1.82, 2.24) is 9.46 Å². The molecule has 0 aliphatic carbocycles. The van der Waals surface area contributed by atoms with Gasteiger partial charge in [0.05, 0.1) is 12.1 Å². The lowest BCUT2D eigenvalue weighted by molar-refractivity contribution is -0.145. The fraction of sp³-hybridized carbons (Fsp3) is 0.429. The molecule has 1 fully saturated rings. The second-order valence-corrected chi connectivity index (χ2v) is 5.16. The van der Waals surface area contributed by atoms with Crippen molar-refractivity contribution in [3.8, 4) is 0 Å². The van der Waals surface area contributed by atoms with Crippen molar-refractivity contribution in [2.24, 2.45) is 5.92 Å². The summed E-state index contributed by atoms with van der Waals surface area (Å²) in [5.74, 6) is -1.59. The van der Waals surface area contributed by atoms with Crippen LogP contribution in [0.4, 0.5) is 0 Å². The fourth-order valence-electron chi connectivity index (χ4n) is 1.26. The summed E-state index contributed by atoms with van der Waals surface area (Å²) in [6, 6.07) is 0. The molecule has 0 bridgehead atoms. The van der Waals surface area contributed by atoms with Crippen LogP contribution in [0, 0.1) is 5.92 Å². The molecule has 15 heavy (non-hydrogen) atoms. The number of hydrogen-bond donors (Lipinski definition) is 1. The van der Waals surface area contributed by atoms with E-state index in [0.29, 0.717) is 0 Å². The van der Waals surface area contributed by atoms with Gasteiger partial charge in [0.2, 0.25) is 10.0 Å². The zero-order chi connectivity index (χ0) is 11.1. The van der Waals surface area contributed by atoms with Crippen LogP contribution in [-0.4, -0.2) is 42.0 Å². The molecule has 0 unspecified atom stereocenters. The first-order chi connectivity index (χ1) is 7.01. The van der Waals surface area contributed by atoms with Crippen molar-refractivity contribution < 1.29 is 22.8 Å². The molecule has 7 nitrogen and oxygen atoms in total. The molecule has 1 aliphatic rings. The minimum Gasteiger partial charge on any atom is -0.481 e. The molecule has 0 atom stereocenters. The average Bonchev–Trinajstić information content (AvgIpc) is 2.50. The molecule has 0 spiro atoms. The van der Waals surface area contributed by atoms with E-state index in [4.69, 9.17) is 5.11 Å². The lowest BCUT2D eigenvalue weighted by atomic mass is 10.0.